The SMILES string of the molecule is S=C(NCc1ccccc1Cl)N[C@@H]1C[C@H]2CC[C@@H]1C2. The molecule has 0 aliphatic heterocycles. The van der Waals surface area contributed by atoms with Crippen molar-refractivity contribution in [1.29, 1.82) is 0 Å². The summed E-state index contributed by atoms with van der Waals surface area (Å²) in [6.45, 7) is 0.687. The van der Waals surface area contributed by atoms with Crippen LogP contribution in [0.15, 0.2) is 24.3 Å². The second-order valence-corrected chi connectivity index (χ2v) is 6.52. The Labute approximate surface area is 124 Å². The van der Waals surface area contributed by atoms with Gasteiger partial charge in [0.15, 0.2) is 5.11 Å². The van der Waals surface area contributed by atoms with Gasteiger partial charge in [-0.3, -0.25) is 0 Å². The van der Waals surface area contributed by atoms with Crippen molar-refractivity contribution in [3.8, 4) is 0 Å². The van der Waals surface area contributed by atoms with Gasteiger partial charge < -0.3 is 10.6 Å². The minimum atomic E-state index is 0.588. The number of halogens is 1. The average molecular weight is 295 g/mol. The Hall–Kier alpha value is -0.800. The smallest absolute Gasteiger partial charge is 0.166 e. The van der Waals surface area contributed by atoms with Crippen molar-refractivity contribution in [3.63, 3.8) is 0 Å². The van der Waals surface area contributed by atoms with E-state index in [1.807, 2.05) is 24.3 Å². The largest absolute Gasteiger partial charge is 0.360 e. The maximum absolute atomic E-state index is 6.13. The lowest BCUT2D eigenvalue weighted by molar-refractivity contribution is 0.389. The number of thiocarbonyl (C=S) groups is 1. The third-order valence-electron chi connectivity index (χ3n) is 4.45. The highest BCUT2D eigenvalue weighted by atomic mass is 35.5. The van der Waals surface area contributed by atoms with Crippen LogP contribution >= 0.6 is 23.8 Å². The van der Waals surface area contributed by atoms with Crippen LogP contribution in [-0.2, 0) is 6.54 Å². The third kappa shape index (κ3) is 3.03. The lowest BCUT2D eigenvalue weighted by Crippen LogP contribution is -2.43. The molecular weight excluding hydrogens is 276 g/mol. The van der Waals surface area contributed by atoms with Gasteiger partial charge in [-0.1, -0.05) is 36.2 Å². The molecule has 1 aromatic carbocycles. The van der Waals surface area contributed by atoms with E-state index in [0.29, 0.717) is 12.6 Å². The van der Waals surface area contributed by atoms with Crippen LogP contribution in [0.2, 0.25) is 5.02 Å². The molecule has 2 fully saturated rings. The van der Waals surface area contributed by atoms with Crippen LogP contribution < -0.4 is 10.6 Å². The predicted molar refractivity (Wildman–Crippen MR) is 83.3 cm³/mol. The summed E-state index contributed by atoms with van der Waals surface area (Å²) in [5.74, 6) is 1.78. The number of hydrogen-bond donors (Lipinski definition) is 2. The summed E-state index contributed by atoms with van der Waals surface area (Å²) in [6.07, 6.45) is 5.47. The first-order valence-corrected chi connectivity index (χ1v) is 7.79. The van der Waals surface area contributed by atoms with Crippen molar-refractivity contribution < 1.29 is 0 Å². The highest BCUT2D eigenvalue weighted by Crippen LogP contribution is 2.44. The van der Waals surface area contributed by atoms with E-state index >= 15 is 0 Å². The van der Waals surface area contributed by atoms with Gasteiger partial charge in [0.25, 0.3) is 0 Å². The van der Waals surface area contributed by atoms with Crippen molar-refractivity contribution in [3.05, 3.63) is 34.9 Å². The molecular formula is C15H19ClN2S. The molecule has 0 unspecified atom stereocenters. The molecule has 4 heteroatoms. The van der Waals surface area contributed by atoms with Crippen molar-refractivity contribution in [2.24, 2.45) is 11.8 Å². The summed E-state index contributed by atoms with van der Waals surface area (Å²) in [6, 6.07) is 8.46. The molecule has 0 aromatic heterocycles. The monoisotopic (exact) mass is 294 g/mol. The summed E-state index contributed by atoms with van der Waals surface area (Å²) in [4.78, 5) is 0. The molecule has 2 saturated carbocycles. The van der Waals surface area contributed by atoms with Crippen LogP contribution in [0.4, 0.5) is 0 Å². The lowest BCUT2D eigenvalue weighted by Gasteiger charge is -2.24. The van der Waals surface area contributed by atoms with Gasteiger partial charge >= 0.3 is 0 Å². The van der Waals surface area contributed by atoms with Crippen LogP contribution in [0.3, 0.4) is 0 Å². The van der Waals surface area contributed by atoms with E-state index in [1.54, 1.807) is 0 Å². The Morgan fingerprint density at radius 2 is 2.11 bits per heavy atom. The molecule has 3 atom stereocenters. The lowest BCUT2D eigenvalue weighted by atomic mass is 9.96. The molecule has 2 nitrogen and oxygen atoms in total. The van der Waals surface area contributed by atoms with Gasteiger partial charge in [-0.2, -0.15) is 0 Å². The zero-order chi connectivity index (χ0) is 13.2. The minimum Gasteiger partial charge on any atom is -0.360 e. The second-order valence-electron chi connectivity index (χ2n) is 5.70. The Balaban J connectivity index is 1.48. The molecule has 0 radical (unpaired) electrons. The van der Waals surface area contributed by atoms with Gasteiger partial charge in [0.05, 0.1) is 0 Å². The van der Waals surface area contributed by atoms with Crippen molar-refractivity contribution in [1.82, 2.24) is 10.6 Å². The Morgan fingerprint density at radius 1 is 1.26 bits per heavy atom. The fourth-order valence-corrected chi connectivity index (χ4v) is 3.88. The number of nitrogens with one attached hydrogen (secondary N) is 2. The first-order chi connectivity index (χ1) is 9.22. The summed E-state index contributed by atoms with van der Waals surface area (Å²) in [7, 11) is 0. The van der Waals surface area contributed by atoms with E-state index < -0.39 is 0 Å². The maximum atomic E-state index is 6.13. The fraction of sp³-hybridized carbons (Fsp3) is 0.533. The molecule has 3 rings (SSSR count). The molecule has 2 aliphatic carbocycles. The maximum Gasteiger partial charge on any atom is 0.166 e. The van der Waals surface area contributed by atoms with Crippen LogP contribution in [0, 0.1) is 11.8 Å². The summed E-state index contributed by atoms with van der Waals surface area (Å²) in [5.41, 5.74) is 1.08. The highest BCUT2D eigenvalue weighted by molar-refractivity contribution is 7.80. The second kappa shape index (κ2) is 5.68. The van der Waals surface area contributed by atoms with Gasteiger partial charge in [0.1, 0.15) is 0 Å². The topological polar surface area (TPSA) is 24.1 Å². The Morgan fingerprint density at radius 3 is 2.79 bits per heavy atom. The summed E-state index contributed by atoms with van der Waals surface area (Å²) in [5, 5.41) is 8.29. The van der Waals surface area contributed by atoms with Crippen molar-refractivity contribution in [2.45, 2.75) is 38.3 Å². The summed E-state index contributed by atoms with van der Waals surface area (Å²) < 4.78 is 0. The fourth-order valence-electron chi connectivity index (χ4n) is 3.46. The van der Waals surface area contributed by atoms with Crippen LogP contribution in [0.25, 0.3) is 0 Å². The highest BCUT2D eigenvalue weighted by Gasteiger charge is 2.39. The molecule has 102 valence electrons. The quantitative estimate of drug-likeness (QED) is 0.835. The Bertz CT molecular complexity index is 477. The summed E-state index contributed by atoms with van der Waals surface area (Å²) >= 11 is 11.5. The van der Waals surface area contributed by atoms with Gasteiger partial charge in [0.2, 0.25) is 0 Å². The van der Waals surface area contributed by atoms with Crippen molar-refractivity contribution in [2.75, 3.05) is 0 Å². The zero-order valence-corrected chi connectivity index (χ0v) is 12.4. The predicted octanol–water partition coefficient (Wildman–Crippen LogP) is 3.49. The molecule has 2 N–H and O–H groups in total. The number of fused-ring (bicyclic) bond motifs is 2. The van der Waals surface area contributed by atoms with Gasteiger partial charge in [-0.25, -0.2) is 0 Å². The Kier molecular flexibility index (Phi) is 3.94. The molecule has 0 saturated heterocycles. The van der Waals surface area contributed by atoms with E-state index in [9.17, 15) is 0 Å². The molecule has 0 heterocycles. The number of benzene rings is 1. The molecule has 2 bridgehead atoms. The molecule has 0 amide bonds. The first-order valence-electron chi connectivity index (χ1n) is 7.00. The van der Waals surface area contributed by atoms with Crippen LogP contribution in [0.5, 0.6) is 0 Å². The van der Waals surface area contributed by atoms with Gasteiger partial charge in [0, 0.05) is 17.6 Å². The number of hydrogen-bond acceptors (Lipinski definition) is 1. The standard InChI is InChI=1S/C15H19ClN2S/c16-13-4-2-1-3-12(13)9-17-15(19)18-14-8-10-5-6-11(14)7-10/h1-4,10-11,14H,5-9H2,(H2,17,18,19)/t10-,11+,14+/m0/s1. The number of rotatable bonds is 3. The van der Waals surface area contributed by atoms with Crippen LogP contribution in [0.1, 0.15) is 31.2 Å². The van der Waals surface area contributed by atoms with E-state index in [-0.39, 0.29) is 0 Å². The molecule has 1 aromatic rings. The van der Waals surface area contributed by atoms with Crippen molar-refractivity contribution >= 4 is 28.9 Å². The molecule has 0 spiro atoms. The van der Waals surface area contributed by atoms with Gasteiger partial charge in [-0.05, 0) is 54.9 Å². The minimum absolute atomic E-state index is 0.588. The average Bonchev–Trinajstić information content (AvgIpc) is 3.00. The molecule has 19 heavy (non-hydrogen) atoms. The van der Waals surface area contributed by atoms with Crippen LogP contribution in [-0.4, -0.2) is 11.2 Å². The van der Waals surface area contributed by atoms with E-state index in [0.717, 1.165) is 27.5 Å². The van der Waals surface area contributed by atoms with E-state index in [1.165, 1.54) is 25.7 Å². The third-order valence-corrected chi connectivity index (χ3v) is 5.08. The van der Waals surface area contributed by atoms with E-state index in [4.69, 9.17) is 23.8 Å². The first kappa shape index (κ1) is 13.2. The molecule has 2 aliphatic rings. The van der Waals surface area contributed by atoms with E-state index in [2.05, 4.69) is 10.6 Å². The normalized spacial score (nSPS) is 28.4. The zero-order valence-electron chi connectivity index (χ0n) is 10.9. The van der Waals surface area contributed by atoms with Gasteiger partial charge in [-0.15, -0.1) is 0 Å².